The van der Waals surface area contributed by atoms with Crippen LogP contribution in [0.2, 0.25) is 0 Å². The Balaban J connectivity index is 2.16. The molecule has 0 spiro atoms. The summed E-state index contributed by atoms with van der Waals surface area (Å²) < 4.78 is 13.5. The lowest BCUT2D eigenvalue weighted by atomic mass is 9.96. The van der Waals surface area contributed by atoms with Crippen molar-refractivity contribution < 1.29 is 4.39 Å². The summed E-state index contributed by atoms with van der Waals surface area (Å²) in [6, 6.07) is 3.83. The van der Waals surface area contributed by atoms with Gasteiger partial charge in [0.1, 0.15) is 5.82 Å². The molecule has 18 heavy (non-hydrogen) atoms. The number of hydrogen-bond acceptors (Lipinski definition) is 1. The van der Waals surface area contributed by atoms with Crippen molar-refractivity contribution in [1.82, 2.24) is 10.3 Å². The van der Waals surface area contributed by atoms with Crippen LogP contribution in [0, 0.1) is 12.7 Å². The minimum atomic E-state index is -0.149. The number of aromatic nitrogens is 1. The molecular formula is C15H17FN2. The maximum atomic E-state index is 13.5. The zero-order chi connectivity index (χ0) is 12.7. The lowest BCUT2D eigenvalue weighted by Crippen LogP contribution is -2.29. The molecule has 1 aliphatic rings. The van der Waals surface area contributed by atoms with E-state index in [1.54, 1.807) is 6.07 Å². The second-order valence-corrected chi connectivity index (χ2v) is 4.98. The van der Waals surface area contributed by atoms with E-state index in [4.69, 9.17) is 0 Å². The third kappa shape index (κ3) is 1.75. The van der Waals surface area contributed by atoms with Gasteiger partial charge < -0.3 is 10.3 Å². The fraction of sp³-hybridized carbons (Fsp3) is 0.333. The summed E-state index contributed by atoms with van der Waals surface area (Å²) in [6.07, 6.45) is 5.28. The molecule has 1 aromatic heterocycles. The molecular weight excluding hydrogens is 227 g/mol. The van der Waals surface area contributed by atoms with Gasteiger partial charge in [-0.25, -0.2) is 4.39 Å². The van der Waals surface area contributed by atoms with Gasteiger partial charge in [0.05, 0.1) is 5.52 Å². The molecule has 1 unspecified atom stereocenters. The average Bonchev–Trinajstić information content (AvgIpc) is 2.78. The zero-order valence-corrected chi connectivity index (χ0v) is 10.7. The van der Waals surface area contributed by atoms with Gasteiger partial charge in [0.25, 0.3) is 0 Å². The Bertz CT molecular complexity index is 625. The van der Waals surface area contributed by atoms with Crippen molar-refractivity contribution in [2.75, 3.05) is 6.54 Å². The summed E-state index contributed by atoms with van der Waals surface area (Å²) in [5.74, 6) is -0.149. The Kier molecular flexibility index (Phi) is 2.71. The molecule has 0 saturated heterocycles. The van der Waals surface area contributed by atoms with Crippen molar-refractivity contribution in [2.24, 2.45) is 0 Å². The molecule has 3 heteroatoms. The first-order valence-electron chi connectivity index (χ1n) is 6.37. The van der Waals surface area contributed by atoms with E-state index in [1.165, 1.54) is 11.1 Å². The van der Waals surface area contributed by atoms with Gasteiger partial charge >= 0.3 is 0 Å². The standard InChI is InChI=1S/C15H17FN2/c1-9-7-11(5-6-17-9)13-8-18-15-10(2)14(16)4-3-12(13)15/h3-4,7-9,17-18H,5-6H2,1-2H3. The molecule has 1 aliphatic heterocycles. The smallest absolute Gasteiger partial charge is 0.128 e. The van der Waals surface area contributed by atoms with Crippen molar-refractivity contribution in [1.29, 1.82) is 0 Å². The van der Waals surface area contributed by atoms with E-state index >= 15 is 0 Å². The van der Waals surface area contributed by atoms with Crippen molar-refractivity contribution in [3.05, 3.63) is 41.3 Å². The number of hydrogen-bond donors (Lipinski definition) is 2. The first-order chi connectivity index (χ1) is 8.66. The largest absolute Gasteiger partial charge is 0.360 e. The highest BCUT2D eigenvalue weighted by Gasteiger charge is 2.15. The molecule has 1 atom stereocenters. The molecule has 0 aliphatic carbocycles. The fourth-order valence-electron chi connectivity index (χ4n) is 2.69. The maximum Gasteiger partial charge on any atom is 0.128 e. The summed E-state index contributed by atoms with van der Waals surface area (Å²) in [5.41, 5.74) is 4.17. The molecule has 0 radical (unpaired) electrons. The molecule has 2 heterocycles. The average molecular weight is 244 g/mol. The number of H-pyrrole nitrogens is 1. The topological polar surface area (TPSA) is 27.8 Å². The normalized spacial score (nSPS) is 20.2. The summed E-state index contributed by atoms with van der Waals surface area (Å²) in [5, 5.41) is 4.52. The second-order valence-electron chi connectivity index (χ2n) is 4.98. The van der Waals surface area contributed by atoms with E-state index in [0.717, 1.165) is 23.9 Å². The van der Waals surface area contributed by atoms with Crippen LogP contribution in [0.4, 0.5) is 4.39 Å². The Hall–Kier alpha value is -1.61. The third-order valence-corrected chi connectivity index (χ3v) is 3.71. The van der Waals surface area contributed by atoms with Crippen molar-refractivity contribution >= 4 is 16.5 Å². The number of halogens is 1. The molecule has 0 saturated carbocycles. The second kappa shape index (κ2) is 4.25. The predicted octanol–water partition coefficient (Wildman–Crippen LogP) is 3.38. The third-order valence-electron chi connectivity index (χ3n) is 3.71. The predicted molar refractivity (Wildman–Crippen MR) is 73.1 cm³/mol. The molecule has 2 N–H and O–H groups in total. The Morgan fingerprint density at radius 1 is 1.33 bits per heavy atom. The minimum absolute atomic E-state index is 0.149. The molecule has 3 rings (SSSR count). The van der Waals surface area contributed by atoms with E-state index in [0.29, 0.717) is 11.6 Å². The summed E-state index contributed by atoms with van der Waals surface area (Å²) >= 11 is 0. The van der Waals surface area contributed by atoms with E-state index in [2.05, 4.69) is 23.3 Å². The molecule has 1 aromatic carbocycles. The lowest BCUT2D eigenvalue weighted by Gasteiger charge is -2.19. The number of fused-ring (bicyclic) bond motifs is 1. The number of rotatable bonds is 1. The number of aryl methyl sites for hydroxylation is 1. The van der Waals surface area contributed by atoms with Crippen LogP contribution >= 0.6 is 0 Å². The first-order valence-corrected chi connectivity index (χ1v) is 6.37. The Morgan fingerprint density at radius 2 is 2.17 bits per heavy atom. The highest BCUT2D eigenvalue weighted by molar-refractivity contribution is 5.94. The van der Waals surface area contributed by atoms with Gasteiger partial charge in [0, 0.05) is 28.8 Å². The van der Waals surface area contributed by atoms with Gasteiger partial charge in [0.2, 0.25) is 0 Å². The number of benzene rings is 1. The quantitative estimate of drug-likeness (QED) is 0.790. The number of nitrogens with one attached hydrogen (secondary N) is 2. The SMILES string of the molecule is Cc1c(F)ccc2c(C3=CC(C)NCC3)c[nH]c12. The molecule has 0 amide bonds. The minimum Gasteiger partial charge on any atom is -0.360 e. The van der Waals surface area contributed by atoms with Gasteiger partial charge in [-0.05, 0) is 44.5 Å². The zero-order valence-electron chi connectivity index (χ0n) is 10.7. The number of aromatic amines is 1. The van der Waals surface area contributed by atoms with E-state index in [1.807, 2.05) is 19.2 Å². The lowest BCUT2D eigenvalue weighted by molar-refractivity contribution is 0.620. The van der Waals surface area contributed by atoms with Gasteiger partial charge in [0.15, 0.2) is 0 Å². The van der Waals surface area contributed by atoms with E-state index in [9.17, 15) is 4.39 Å². The molecule has 0 fully saturated rings. The molecule has 94 valence electrons. The van der Waals surface area contributed by atoms with Crippen LogP contribution in [0.5, 0.6) is 0 Å². The Morgan fingerprint density at radius 3 is 2.94 bits per heavy atom. The highest BCUT2D eigenvalue weighted by Crippen LogP contribution is 2.30. The fourth-order valence-corrected chi connectivity index (χ4v) is 2.69. The van der Waals surface area contributed by atoms with Crippen molar-refractivity contribution in [3.8, 4) is 0 Å². The van der Waals surface area contributed by atoms with Crippen LogP contribution in [-0.2, 0) is 0 Å². The summed E-state index contributed by atoms with van der Waals surface area (Å²) in [6.45, 7) is 4.97. The molecule has 2 nitrogen and oxygen atoms in total. The first kappa shape index (κ1) is 11.5. The highest BCUT2D eigenvalue weighted by atomic mass is 19.1. The van der Waals surface area contributed by atoms with Crippen LogP contribution < -0.4 is 5.32 Å². The van der Waals surface area contributed by atoms with Crippen LogP contribution in [0.25, 0.3) is 16.5 Å². The van der Waals surface area contributed by atoms with Crippen molar-refractivity contribution in [3.63, 3.8) is 0 Å². The van der Waals surface area contributed by atoms with Crippen molar-refractivity contribution in [2.45, 2.75) is 26.3 Å². The van der Waals surface area contributed by atoms with Gasteiger partial charge in [-0.2, -0.15) is 0 Å². The summed E-state index contributed by atoms with van der Waals surface area (Å²) in [7, 11) is 0. The van der Waals surface area contributed by atoms with E-state index in [-0.39, 0.29) is 5.82 Å². The van der Waals surface area contributed by atoms with Crippen LogP contribution in [0.1, 0.15) is 24.5 Å². The molecule has 2 aromatic rings. The maximum absolute atomic E-state index is 13.5. The van der Waals surface area contributed by atoms with E-state index < -0.39 is 0 Å². The van der Waals surface area contributed by atoms with Crippen LogP contribution in [-0.4, -0.2) is 17.6 Å². The van der Waals surface area contributed by atoms with Gasteiger partial charge in [-0.15, -0.1) is 0 Å². The Labute approximate surface area is 106 Å². The van der Waals surface area contributed by atoms with Gasteiger partial charge in [-0.3, -0.25) is 0 Å². The van der Waals surface area contributed by atoms with Crippen LogP contribution in [0.3, 0.4) is 0 Å². The monoisotopic (exact) mass is 244 g/mol. The molecule has 0 bridgehead atoms. The van der Waals surface area contributed by atoms with Gasteiger partial charge in [-0.1, -0.05) is 6.08 Å². The van der Waals surface area contributed by atoms with Crippen LogP contribution in [0.15, 0.2) is 24.4 Å². The summed E-state index contributed by atoms with van der Waals surface area (Å²) in [4.78, 5) is 3.21.